The Balaban J connectivity index is 2.15. The molecule has 1 rings (SSSR count). The molecule has 0 amide bonds. The molecule has 0 spiro atoms. The van der Waals surface area contributed by atoms with Gasteiger partial charge in [0.2, 0.25) is 0 Å². The van der Waals surface area contributed by atoms with Gasteiger partial charge in [-0.3, -0.25) is 5.43 Å². The predicted octanol–water partition coefficient (Wildman–Crippen LogP) is 1.39. The molecule has 0 saturated carbocycles. The van der Waals surface area contributed by atoms with Crippen LogP contribution >= 0.6 is 0 Å². The number of nitrogens with zero attached hydrogens (tertiary/aromatic N) is 1. The third-order valence-electron chi connectivity index (χ3n) is 1.99. The lowest BCUT2D eigenvalue weighted by molar-refractivity contribution is 0.200. The molecule has 0 aromatic carbocycles. The Kier molecular flexibility index (Phi) is 3.76. The van der Waals surface area contributed by atoms with Crippen LogP contribution in [-0.2, 0) is 0 Å². The van der Waals surface area contributed by atoms with Gasteiger partial charge in [-0.2, -0.15) is 0 Å². The molecule has 0 aliphatic carbocycles. The summed E-state index contributed by atoms with van der Waals surface area (Å²) in [5.41, 5.74) is 3.36. The molecule has 0 aromatic heterocycles. The monoisotopic (exact) mass is 142 g/mol. The van der Waals surface area contributed by atoms with Gasteiger partial charge in [0.05, 0.1) is 0 Å². The minimum atomic E-state index is 1.07. The maximum atomic E-state index is 3.36. The van der Waals surface area contributed by atoms with Crippen LogP contribution in [0, 0.1) is 0 Å². The lowest BCUT2D eigenvalue weighted by Crippen LogP contribution is -2.38. The van der Waals surface area contributed by atoms with Crippen molar-refractivity contribution in [2.24, 2.45) is 0 Å². The zero-order valence-corrected chi connectivity index (χ0v) is 6.90. The molecular formula is C8H18N2. The molecule has 0 unspecified atom stereocenters. The van der Waals surface area contributed by atoms with Crippen molar-refractivity contribution in [1.82, 2.24) is 10.4 Å². The van der Waals surface area contributed by atoms with E-state index in [1.807, 2.05) is 0 Å². The van der Waals surface area contributed by atoms with Crippen LogP contribution in [0.3, 0.4) is 0 Å². The second-order valence-electron chi connectivity index (χ2n) is 2.91. The maximum Gasteiger partial charge on any atom is 0.0130 e. The normalized spacial score (nSPS) is 22.5. The van der Waals surface area contributed by atoms with Crippen molar-refractivity contribution < 1.29 is 0 Å². The molecule has 0 atom stereocenters. The standard InChI is InChI=1S/C8H18N2/c1-2-9-10-7-5-3-4-6-8-10/h9H,2-8H2,1H3. The Labute approximate surface area is 63.6 Å². The van der Waals surface area contributed by atoms with Gasteiger partial charge in [0.1, 0.15) is 0 Å². The van der Waals surface area contributed by atoms with Gasteiger partial charge in [-0.1, -0.05) is 19.8 Å². The van der Waals surface area contributed by atoms with Crippen LogP contribution in [0.2, 0.25) is 0 Å². The molecule has 2 heteroatoms. The zero-order valence-electron chi connectivity index (χ0n) is 6.90. The first-order valence-electron chi connectivity index (χ1n) is 4.42. The lowest BCUT2D eigenvalue weighted by atomic mass is 10.2. The van der Waals surface area contributed by atoms with Gasteiger partial charge in [-0.05, 0) is 12.8 Å². The van der Waals surface area contributed by atoms with Gasteiger partial charge in [0, 0.05) is 19.6 Å². The van der Waals surface area contributed by atoms with E-state index in [0.29, 0.717) is 0 Å². The first kappa shape index (κ1) is 8.02. The first-order valence-corrected chi connectivity index (χ1v) is 4.42. The van der Waals surface area contributed by atoms with Crippen LogP contribution in [0.25, 0.3) is 0 Å². The summed E-state index contributed by atoms with van der Waals surface area (Å²) in [6, 6.07) is 0. The SMILES string of the molecule is CCNN1CCCCCC1. The maximum absolute atomic E-state index is 3.36. The summed E-state index contributed by atoms with van der Waals surface area (Å²) in [6.07, 6.45) is 5.57. The van der Waals surface area contributed by atoms with E-state index in [1.165, 1.54) is 38.8 Å². The average Bonchev–Trinajstić information content (AvgIpc) is 2.17. The quantitative estimate of drug-likeness (QED) is 0.626. The van der Waals surface area contributed by atoms with Crippen LogP contribution in [0.4, 0.5) is 0 Å². The molecule has 0 radical (unpaired) electrons. The molecule has 1 aliphatic rings. The van der Waals surface area contributed by atoms with E-state index < -0.39 is 0 Å². The highest BCUT2D eigenvalue weighted by Crippen LogP contribution is 2.06. The lowest BCUT2D eigenvalue weighted by Gasteiger charge is -2.19. The number of nitrogens with one attached hydrogen (secondary N) is 1. The van der Waals surface area contributed by atoms with Crippen LogP contribution in [0.1, 0.15) is 32.6 Å². The largest absolute Gasteiger partial charge is 0.255 e. The van der Waals surface area contributed by atoms with E-state index >= 15 is 0 Å². The first-order chi connectivity index (χ1) is 4.93. The Bertz CT molecular complexity index is 75.3. The predicted molar refractivity (Wildman–Crippen MR) is 43.7 cm³/mol. The summed E-state index contributed by atoms with van der Waals surface area (Å²) in [6.45, 7) is 5.71. The molecule has 0 bridgehead atoms. The third kappa shape index (κ3) is 2.67. The highest BCUT2D eigenvalue weighted by Gasteiger charge is 2.05. The average molecular weight is 142 g/mol. The van der Waals surface area contributed by atoms with Crippen molar-refractivity contribution in [2.45, 2.75) is 32.6 Å². The molecule has 1 fully saturated rings. The molecule has 1 N–H and O–H groups in total. The number of hydrazine groups is 1. The summed E-state index contributed by atoms with van der Waals surface area (Å²) in [5.74, 6) is 0. The molecule has 1 aliphatic heterocycles. The fourth-order valence-electron chi connectivity index (χ4n) is 1.45. The fourth-order valence-corrected chi connectivity index (χ4v) is 1.45. The molecule has 60 valence electrons. The van der Waals surface area contributed by atoms with Crippen molar-refractivity contribution in [2.75, 3.05) is 19.6 Å². The van der Waals surface area contributed by atoms with E-state index in [-0.39, 0.29) is 0 Å². The van der Waals surface area contributed by atoms with Crippen molar-refractivity contribution in [3.05, 3.63) is 0 Å². The zero-order chi connectivity index (χ0) is 7.23. The second kappa shape index (κ2) is 4.69. The van der Waals surface area contributed by atoms with E-state index in [0.717, 1.165) is 6.54 Å². The van der Waals surface area contributed by atoms with Crippen LogP contribution < -0.4 is 5.43 Å². The van der Waals surface area contributed by atoms with E-state index in [1.54, 1.807) is 0 Å². The number of hydrogen-bond donors (Lipinski definition) is 1. The van der Waals surface area contributed by atoms with Gasteiger partial charge in [0.15, 0.2) is 0 Å². The highest BCUT2D eigenvalue weighted by atomic mass is 15.5. The van der Waals surface area contributed by atoms with Gasteiger partial charge in [-0.25, -0.2) is 5.01 Å². The molecule has 2 nitrogen and oxygen atoms in total. The van der Waals surface area contributed by atoms with Gasteiger partial charge < -0.3 is 0 Å². The Morgan fingerprint density at radius 2 is 1.70 bits per heavy atom. The van der Waals surface area contributed by atoms with E-state index in [4.69, 9.17) is 0 Å². The molecule has 0 aromatic rings. The number of rotatable bonds is 2. The van der Waals surface area contributed by atoms with Crippen LogP contribution in [0.15, 0.2) is 0 Å². The van der Waals surface area contributed by atoms with Crippen molar-refractivity contribution in [1.29, 1.82) is 0 Å². The summed E-state index contributed by atoms with van der Waals surface area (Å²) < 4.78 is 0. The minimum Gasteiger partial charge on any atom is -0.255 e. The second-order valence-corrected chi connectivity index (χ2v) is 2.91. The highest BCUT2D eigenvalue weighted by molar-refractivity contribution is 4.58. The summed E-state index contributed by atoms with van der Waals surface area (Å²) in [7, 11) is 0. The van der Waals surface area contributed by atoms with Crippen LogP contribution in [-0.4, -0.2) is 24.6 Å². The van der Waals surface area contributed by atoms with Gasteiger partial charge in [-0.15, -0.1) is 0 Å². The van der Waals surface area contributed by atoms with E-state index in [9.17, 15) is 0 Å². The van der Waals surface area contributed by atoms with Crippen molar-refractivity contribution in [3.8, 4) is 0 Å². The number of hydrogen-bond acceptors (Lipinski definition) is 2. The molecule has 1 heterocycles. The smallest absolute Gasteiger partial charge is 0.0130 e. The third-order valence-corrected chi connectivity index (χ3v) is 1.99. The Morgan fingerprint density at radius 1 is 1.10 bits per heavy atom. The summed E-state index contributed by atoms with van der Waals surface area (Å²) in [4.78, 5) is 0. The van der Waals surface area contributed by atoms with Gasteiger partial charge >= 0.3 is 0 Å². The molecule has 1 saturated heterocycles. The van der Waals surface area contributed by atoms with Gasteiger partial charge in [0.25, 0.3) is 0 Å². The topological polar surface area (TPSA) is 15.3 Å². The Morgan fingerprint density at radius 3 is 2.20 bits per heavy atom. The Hall–Kier alpha value is -0.0800. The van der Waals surface area contributed by atoms with Crippen molar-refractivity contribution >= 4 is 0 Å². The minimum absolute atomic E-state index is 1.07. The fraction of sp³-hybridized carbons (Fsp3) is 1.00. The molecular weight excluding hydrogens is 124 g/mol. The van der Waals surface area contributed by atoms with Crippen LogP contribution in [0.5, 0.6) is 0 Å². The van der Waals surface area contributed by atoms with E-state index in [2.05, 4.69) is 17.4 Å². The summed E-state index contributed by atoms with van der Waals surface area (Å²) in [5, 5.41) is 2.35. The summed E-state index contributed by atoms with van der Waals surface area (Å²) >= 11 is 0. The molecule has 10 heavy (non-hydrogen) atoms. The van der Waals surface area contributed by atoms with Crippen molar-refractivity contribution in [3.63, 3.8) is 0 Å².